The van der Waals surface area contributed by atoms with Gasteiger partial charge in [0.1, 0.15) is 0 Å². The van der Waals surface area contributed by atoms with Crippen LogP contribution in [0.3, 0.4) is 0 Å². The summed E-state index contributed by atoms with van der Waals surface area (Å²) in [6, 6.07) is 4.78. The van der Waals surface area contributed by atoms with Crippen molar-refractivity contribution in [2.75, 3.05) is 25.1 Å². The Hall–Kier alpha value is -1.79. The molecule has 7 heteroatoms. The molecule has 3 nitrogen and oxygen atoms in total. The quantitative estimate of drug-likeness (QED) is 0.418. The highest BCUT2D eigenvalue weighted by Crippen LogP contribution is 2.35. The highest BCUT2D eigenvalue weighted by Gasteiger charge is 2.44. The standard InChI is InChI=1S/C17H21F4NO2/c1-16(18,19)8-4-3-5-12-6-7-13(15(23)24-2)9-14(12)22-10-17(20,21)11-22/h6-7,9H,3-5,8,10-11H2,1-2H3. The number of aryl methyl sites for hydroxylation is 1. The van der Waals surface area contributed by atoms with E-state index in [0.717, 1.165) is 12.5 Å². The zero-order valence-corrected chi connectivity index (χ0v) is 13.8. The monoisotopic (exact) mass is 347 g/mol. The number of rotatable bonds is 7. The molecule has 0 aromatic heterocycles. The number of alkyl halides is 4. The number of hydrogen-bond donors (Lipinski definition) is 0. The van der Waals surface area contributed by atoms with Crippen LogP contribution < -0.4 is 4.90 Å². The van der Waals surface area contributed by atoms with Crippen LogP contribution in [0.4, 0.5) is 23.2 Å². The number of ether oxygens (including phenoxy) is 1. The smallest absolute Gasteiger partial charge is 0.337 e. The number of halogens is 4. The topological polar surface area (TPSA) is 29.5 Å². The van der Waals surface area contributed by atoms with Crippen molar-refractivity contribution in [3.63, 3.8) is 0 Å². The normalized spacial score (nSPS) is 16.7. The first-order valence-corrected chi connectivity index (χ1v) is 7.83. The molecule has 1 aromatic rings. The van der Waals surface area contributed by atoms with Crippen molar-refractivity contribution in [3.05, 3.63) is 29.3 Å². The Morgan fingerprint density at radius 2 is 1.96 bits per heavy atom. The van der Waals surface area contributed by atoms with Gasteiger partial charge in [-0.15, -0.1) is 0 Å². The molecule has 24 heavy (non-hydrogen) atoms. The average molecular weight is 347 g/mol. The van der Waals surface area contributed by atoms with Crippen molar-refractivity contribution in [2.45, 2.75) is 44.5 Å². The minimum Gasteiger partial charge on any atom is -0.465 e. The lowest BCUT2D eigenvalue weighted by molar-refractivity contribution is -0.0263. The van der Waals surface area contributed by atoms with Crippen molar-refractivity contribution in [1.82, 2.24) is 0 Å². The van der Waals surface area contributed by atoms with Crippen LogP contribution in [0.1, 0.15) is 42.1 Å². The fraction of sp³-hybridized carbons (Fsp3) is 0.588. The number of carbonyl (C=O) groups is 1. The molecule has 1 aliphatic heterocycles. The van der Waals surface area contributed by atoms with E-state index in [-0.39, 0.29) is 12.0 Å². The van der Waals surface area contributed by atoms with Gasteiger partial charge in [0, 0.05) is 12.1 Å². The van der Waals surface area contributed by atoms with Gasteiger partial charge in [0.05, 0.1) is 25.8 Å². The third-order valence-corrected chi connectivity index (χ3v) is 4.00. The summed E-state index contributed by atoms with van der Waals surface area (Å²) in [6.45, 7) is 0.0705. The van der Waals surface area contributed by atoms with Crippen LogP contribution in [-0.4, -0.2) is 38.0 Å². The molecule has 134 valence electrons. The first-order valence-electron chi connectivity index (χ1n) is 7.83. The van der Waals surface area contributed by atoms with Gasteiger partial charge in [-0.2, -0.15) is 0 Å². The van der Waals surface area contributed by atoms with Crippen LogP contribution in [0, 0.1) is 0 Å². The Kier molecular flexibility index (Phi) is 5.40. The van der Waals surface area contributed by atoms with E-state index in [1.54, 1.807) is 12.1 Å². The number of carbonyl (C=O) groups excluding carboxylic acids is 1. The second kappa shape index (κ2) is 6.99. The molecule has 0 saturated carbocycles. The van der Waals surface area contributed by atoms with Gasteiger partial charge >= 0.3 is 5.97 Å². The highest BCUT2D eigenvalue weighted by molar-refractivity contribution is 5.91. The lowest BCUT2D eigenvalue weighted by atomic mass is 9.98. The van der Waals surface area contributed by atoms with Gasteiger partial charge in [0.15, 0.2) is 0 Å². The van der Waals surface area contributed by atoms with E-state index in [4.69, 9.17) is 0 Å². The number of hydrogen-bond acceptors (Lipinski definition) is 3. The molecule has 0 atom stereocenters. The predicted molar refractivity (Wildman–Crippen MR) is 83.1 cm³/mol. The van der Waals surface area contributed by atoms with Crippen LogP contribution in [-0.2, 0) is 11.2 Å². The van der Waals surface area contributed by atoms with E-state index in [9.17, 15) is 22.4 Å². The fourth-order valence-corrected chi connectivity index (χ4v) is 2.75. The summed E-state index contributed by atoms with van der Waals surface area (Å²) >= 11 is 0. The van der Waals surface area contributed by atoms with Gasteiger partial charge in [-0.25, -0.2) is 22.4 Å². The van der Waals surface area contributed by atoms with Gasteiger partial charge in [0.25, 0.3) is 5.92 Å². The number of benzene rings is 1. The zero-order valence-electron chi connectivity index (χ0n) is 13.8. The van der Waals surface area contributed by atoms with Crippen molar-refractivity contribution < 1.29 is 27.1 Å². The molecule has 1 saturated heterocycles. The summed E-state index contributed by atoms with van der Waals surface area (Å²) in [5.74, 6) is -5.97. The first-order chi connectivity index (χ1) is 11.1. The molecule has 1 aromatic carbocycles. The molecular formula is C17H21F4NO2. The molecule has 0 unspecified atom stereocenters. The van der Waals surface area contributed by atoms with E-state index in [2.05, 4.69) is 4.74 Å². The Labute approximate surface area is 138 Å². The van der Waals surface area contributed by atoms with Gasteiger partial charge < -0.3 is 9.64 Å². The zero-order chi connectivity index (χ0) is 18.0. The molecule has 0 N–H and O–H groups in total. The Balaban J connectivity index is 2.09. The summed E-state index contributed by atoms with van der Waals surface area (Å²) in [4.78, 5) is 13.1. The number of esters is 1. The number of unbranched alkanes of at least 4 members (excludes halogenated alkanes) is 1. The predicted octanol–water partition coefficient (Wildman–Crippen LogP) is 4.30. The maximum absolute atomic E-state index is 13.2. The number of methoxy groups -OCH3 is 1. The van der Waals surface area contributed by atoms with E-state index >= 15 is 0 Å². The minimum atomic E-state index is -2.73. The van der Waals surface area contributed by atoms with Crippen LogP contribution in [0.5, 0.6) is 0 Å². The number of nitrogens with zero attached hydrogens (tertiary/aromatic N) is 1. The second-order valence-electron chi connectivity index (χ2n) is 6.32. The van der Waals surface area contributed by atoms with Crippen LogP contribution in [0.15, 0.2) is 18.2 Å². The van der Waals surface area contributed by atoms with E-state index in [1.165, 1.54) is 18.1 Å². The third kappa shape index (κ3) is 4.85. The van der Waals surface area contributed by atoms with Gasteiger partial charge in [-0.1, -0.05) is 6.07 Å². The SMILES string of the molecule is COC(=O)c1ccc(CCCCC(C)(F)F)c(N2CC(F)(F)C2)c1. The van der Waals surface area contributed by atoms with E-state index < -0.39 is 30.9 Å². The molecule has 0 bridgehead atoms. The Morgan fingerprint density at radius 1 is 1.29 bits per heavy atom. The van der Waals surface area contributed by atoms with Crippen molar-refractivity contribution in [1.29, 1.82) is 0 Å². The lowest BCUT2D eigenvalue weighted by Gasteiger charge is -2.41. The molecule has 2 rings (SSSR count). The van der Waals surface area contributed by atoms with Crippen molar-refractivity contribution >= 4 is 11.7 Å². The molecule has 0 radical (unpaired) electrons. The molecular weight excluding hydrogens is 326 g/mol. The van der Waals surface area contributed by atoms with Gasteiger partial charge in [-0.3, -0.25) is 0 Å². The minimum absolute atomic E-state index is 0.204. The molecule has 0 spiro atoms. The molecule has 1 aliphatic rings. The largest absolute Gasteiger partial charge is 0.465 e. The Bertz CT molecular complexity index is 591. The van der Waals surface area contributed by atoms with Crippen LogP contribution in [0.2, 0.25) is 0 Å². The average Bonchev–Trinajstić information content (AvgIpc) is 2.47. The first kappa shape index (κ1) is 18.5. The Morgan fingerprint density at radius 3 is 2.50 bits per heavy atom. The van der Waals surface area contributed by atoms with E-state index in [0.29, 0.717) is 24.9 Å². The van der Waals surface area contributed by atoms with Gasteiger partial charge in [0.2, 0.25) is 5.92 Å². The lowest BCUT2D eigenvalue weighted by Crippen LogP contribution is -2.56. The summed E-state index contributed by atoms with van der Waals surface area (Å²) in [5, 5.41) is 0. The van der Waals surface area contributed by atoms with E-state index in [1.807, 2.05) is 0 Å². The summed E-state index contributed by atoms with van der Waals surface area (Å²) in [5.41, 5.74) is 1.61. The maximum Gasteiger partial charge on any atom is 0.337 e. The summed E-state index contributed by atoms with van der Waals surface area (Å²) in [6.07, 6.45) is 1.16. The fourth-order valence-electron chi connectivity index (χ4n) is 2.75. The van der Waals surface area contributed by atoms with Gasteiger partial charge in [-0.05, 0) is 43.9 Å². The highest BCUT2D eigenvalue weighted by atomic mass is 19.3. The number of anilines is 1. The van der Waals surface area contributed by atoms with Crippen LogP contribution in [0.25, 0.3) is 0 Å². The third-order valence-electron chi connectivity index (χ3n) is 4.00. The summed E-state index contributed by atoms with van der Waals surface area (Å²) < 4.78 is 56.6. The molecule has 0 amide bonds. The van der Waals surface area contributed by atoms with Crippen molar-refractivity contribution in [3.8, 4) is 0 Å². The second-order valence-corrected chi connectivity index (χ2v) is 6.32. The maximum atomic E-state index is 13.2. The molecule has 1 fully saturated rings. The van der Waals surface area contributed by atoms with Crippen molar-refractivity contribution in [2.24, 2.45) is 0 Å². The summed E-state index contributed by atoms with van der Waals surface area (Å²) in [7, 11) is 1.25. The molecule has 0 aliphatic carbocycles. The molecule has 1 heterocycles. The van der Waals surface area contributed by atoms with Crippen LogP contribution >= 0.6 is 0 Å².